The molecule has 0 spiro atoms. The Bertz CT molecular complexity index is 1190. The first-order valence-electron chi connectivity index (χ1n) is 9.21. The van der Waals surface area contributed by atoms with Gasteiger partial charge in [0.05, 0.1) is 28.8 Å². The fraction of sp³-hybridized carbons (Fsp3) is 0.0952. The third-order valence-electron chi connectivity index (χ3n) is 4.10. The second-order valence-corrected chi connectivity index (χ2v) is 9.08. The van der Waals surface area contributed by atoms with Crippen molar-refractivity contribution in [3.05, 3.63) is 71.6 Å². The predicted octanol–water partition coefficient (Wildman–Crippen LogP) is 5.60. The van der Waals surface area contributed by atoms with Gasteiger partial charge in [0.2, 0.25) is 5.91 Å². The summed E-state index contributed by atoms with van der Waals surface area (Å²) in [7, 11) is 0. The number of carbonyl (C=O) groups is 2. The molecular formula is C21H17ClN4O3S2. The van der Waals surface area contributed by atoms with Crippen LogP contribution in [0.5, 0.6) is 0 Å². The van der Waals surface area contributed by atoms with E-state index in [0.29, 0.717) is 28.7 Å². The molecule has 4 rings (SSSR count). The summed E-state index contributed by atoms with van der Waals surface area (Å²) in [6.07, 6.45) is 1.57. The number of amides is 3. The van der Waals surface area contributed by atoms with Gasteiger partial charge in [0.1, 0.15) is 5.76 Å². The molecule has 2 heterocycles. The first kappa shape index (κ1) is 21.2. The average Bonchev–Trinajstić information content (AvgIpc) is 3.41. The summed E-state index contributed by atoms with van der Waals surface area (Å²) in [4.78, 5) is 28.8. The maximum Gasteiger partial charge on any atom is 0.323 e. The number of fused-ring (bicyclic) bond motifs is 1. The number of rotatable bonds is 7. The smallest absolute Gasteiger partial charge is 0.323 e. The van der Waals surface area contributed by atoms with Crippen LogP contribution in [0.25, 0.3) is 10.2 Å². The lowest BCUT2D eigenvalue weighted by Crippen LogP contribution is -2.24. The number of nitrogens with one attached hydrogen (secondary N) is 3. The van der Waals surface area contributed by atoms with Crippen LogP contribution < -0.4 is 16.0 Å². The summed E-state index contributed by atoms with van der Waals surface area (Å²) in [6, 6.07) is 15.6. The van der Waals surface area contributed by atoms with E-state index in [4.69, 9.17) is 16.0 Å². The Labute approximate surface area is 191 Å². The highest BCUT2D eigenvalue weighted by atomic mass is 35.5. The molecule has 2 aromatic carbocycles. The van der Waals surface area contributed by atoms with Crippen molar-refractivity contribution in [2.24, 2.45) is 0 Å². The molecule has 0 radical (unpaired) electrons. The van der Waals surface area contributed by atoms with E-state index in [-0.39, 0.29) is 17.7 Å². The van der Waals surface area contributed by atoms with Gasteiger partial charge in [-0.25, -0.2) is 9.78 Å². The van der Waals surface area contributed by atoms with E-state index in [9.17, 15) is 9.59 Å². The van der Waals surface area contributed by atoms with Crippen molar-refractivity contribution < 1.29 is 14.0 Å². The molecular weight excluding hydrogens is 456 g/mol. The number of hydrogen-bond donors (Lipinski definition) is 3. The van der Waals surface area contributed by atoms with Crippen LogP contribution in [0.4, 0.5) is 16.2 Å². The Morgan fingerprint density at radius 3 is 2.61 bits per heavy atom. The number of nitrogens with zero attached hydrogens (tertiary/aromatic N) is 1. The molecule has 3 amide bonds. The van der Waals surface area contributed by atoms with Gasteiger partial charge in [-0.3, -0.25) is 4.79 Å². The normalized spacial score (nSPS) is 10.7. The van der Waals surface area contributed by atoms with Crippen LogP contribution >= 0.6 is 34.7 Å². The standard InChI is InChI=1S/C21H17ClN4O3S2/c22-13-3-5-14(6-4-13)24-20(28)25-15-7-8-17-18(10-15)31-21(26-17)30-12-19(27)23-11-16-2-1-9-29-16/h1-10H,11-12H2,(H,23,27)(H2,24,25,28). The predicted molar refractivity (Wildman–Crippen MR) is 125 cm³/mol. The van der Waals surface area contributed by atoms with Crippen molar-refractivity contribution in [1.82, 2.24) is 10.3 Å². The minimum atomic E-state index is -0.353. The third-order valence-corrected chi connectivity index (χ3v) is 6.51. The van der Waals surface area contributed by atoms with E-state index in [1.807, 2.05) is 18.2 Å². The number of carbonyl (C=O) groups excluding carboxylic acids is 2. The zero-order valence-corrected chi connectivity index (χ0v) is 18.4. The number of halogens is 1. The number of thioether (sulfide) groups is 1. The number of hydrogen-bond acceptors (Lipinski definition) is 6. The highest BCUT2D eigenvalue weighted by molar-refractivity contribution is 8.01. The van der Waals surface area contributed by atoms with Crippen LogP contribution in [0.15, 0.2) is 69.6 Å². The van der Waals surface area contributed by atoms with Crippen LogP contribution in [-0.2, 0) is 11.3 Å². The van der Waals surface area contributed by atoms with Gasteiger partial charge < -0.3 is 20.4 Å². The molecule has 0 aliphatic rings. The fourth-order valence-corrected chi connectivity index (χ4v) is 4.71. The lowest BCUT2D eigenvalue weighted by molar-refractivity contribution is -0.118. The molecule has 0 atom stereocenters. The maximum atomic E-state index is 12.2. The van der Waals surface area contributed by atoms with Gasteiger partial charge in [0.15, 0.2) is 4.34 Å². The summed E-state index contributed by atoms with van der Waals surface area (Å²) >= 11 is 8.69. The van der Waals surface area contributed by atoms with Crippen molar-refractivity contribution in [3.63, 3.8) is 0 Å². The second kappa shape index (κ2) is 9.86. The summed E-state index contributed by atoms with van der Waals surface area (Å²) in [6.45, 7) is 0.360. The van der Waals surface area contributed by atoms with Crippen molar-refractivity contribution in [3.8, 4) is 0 Å². The van der Waals surface area contributed by atoms with Gasteiger partial charge in [-0.1, -0.05) is 23.4 Å². The van der Waals surface area contributed by atoms with Crippen LogP contribution in [0.2, 0.25) is 5.02 Å². The van der Waals surface area contributed by atoms with Crippen molar-refractivity contribution in [2.45, 2.75) is 10.9 Å². The molecule has 0 saturated heterocycles. The van der Waals surface area contributed by atoms with Crippen molar-refractivity contribution in [2.75, 3.05) is 16.4 Å². The van der Waals surface area contributed by atoms with E-state index < -0.39 is 0 Å². The molecule has 2 aromatic heterocycles. The Morgan fingerprint density at radius 2 is 1.84 bits per heavy atom. The van der Waals surface area contributed by atoms with Crippen LogP contribution in [-0.4, -0.2) is 22.7 Å². The van der Waals surface area contributed by atoms with Crippen LogP contribution in [0, 0.1) is 0 Å². The van der Waals surface area contributed by atoms with Crippen molar-refractivity contribution in [1.29, 1.82) is 0 Å². The first-order valence-corrected chi connectivity index (χ1v) is 11.4. The molecule has 4 aromatic rings. The molecule has 0 fully saturated rings. The van der Waals surface area contributed by atoms with E-state index in [1.54, 1.807) is 42.7 Å². The molecule has 31 heavy (non-hydrogen) atoms. The maximum absolute atomic E-state index is 12.2. The topological polar surface area (TPSA) is 96.3 Å². The van der Waals surface area contributed by atoms with Gasteiger partial charge in [-0.15, -0.1) is 11.3 Å². The summed E-state index contributed by atoms with van der Waals surface area (Å²) in [5, 5.41) is 8.96. The minimum Gasteiger partial charge on any atom is -0.467 e. The number of anilines is 2. The third kappa shape index (κ3) is 6.00. The second-order valence-electron chi connectivity index (χ2n) is 6.39. The SMILES string of the molecule is O=C(CSc1nc2ccc(NC(=O)Nc3ccc(Cl)cc3)cc2s1)NCc1ccco1. The molecule has 0 bridgehead atoms. The number of furan rings is 1. The van der Waals surface area contributed by atoms with Gasteiger partial charge in [0, 0.05) is 16.4 Å². The molecule has 3 N–H and O–H groups in total. The first-order chi connectivity index (χ1) is 15.0. The zero-order valence-electron chi connectivity index (χ0n) is 16.1. The Kier molecular flexibility index (Phi) is 6.76. The van der Waals surface area contributed by atoms with Crippen LogP contribution in [0.1, 0.15) is 5.76 Å². The van der Waals surface area contributed by atoms with Gasteiger partial charge in [0.25, 0.3) is 0 Å². The number of urea groups is 1. The lowest BCUT2D eigenvalue weighted by Gasteiger charge is -2.07. The molecule has 7 nitrogen and oxygen atoms in total. The minimum absolute atomic E-state index is 0.0955. The molecule has 0 aliphatic carbocycles. The number of thiazole rings is 1. The lowest BCUT2D eigenvalue weighted by atomic mass is 10.3. The average molecular weight is 473 g/mol. The van der Waals surface area contributed by atoms with E-state index >= 15 is 0 Å². The monoisotopic (exact) mass is 472 g/mol. The molecule has 10 heteroatoms. The zero-order chi connectivity index (χ0) is 21.6. The highest BCUT2D eigenvalue weighted by Crippen LogP contribution is 2.31. The van der Waals surface area contributed by atoms with E-state index in [1.165, 1.54) is 23.1 Å². The Balaban J connectivity index is 1.31. The number of benzene rings is 2. The van der Waals surface area contributed by atoms with E-state index in [0.717, 1.165) is 14.6 Å². The summed E-state index contributed by atoms with van der Waals surface area (Å²) < 4.78 is 6.89. The number of aromatic nitrogens is 1. The molecule has 0 saturated carbocycles. The molecule has 0 unspecified atom stereocenters. The quantitative estimate of drug-likeness (QED) is 0.304. The largest absolute Gasteiger partial charge is 0.467 e. The van der Waals surface area contributed by atoms with Gasteiger partial charge >= 0.3 is 6.03 Å². The summed E-state index contributed by atoms with van der Waals surface area (Å²) in [5.74, 6) is 0.870. The molecule has 158 valence electrons. The molecule has 0 aliphatic heterocycles. The highest BCUT2D eigenvalue weighted by Gasteiger charge is 2.10. The van der Waals surface area contributed by atoms with E-state index in [2.05, 4.69) is 20.9 Å². The Hall–Kier alpha value is -3.01. The van der Waals surface area contributed by atoms with Crippen molar-refractivity contribution >= 4 is 68.2 Å². The van der Waals surface area contributed by atoms with Gasteiger partial charge in [-0.2, -0.15) is 0 Å². The summed E-state index contributed by atoms with van der Waals surface area (Å²) in [5.41, 5.74) is 2.10. The van der Waals surface area contributed by atoms with Crippen LogP contribution in [0.3, 0.4) is 0 Å². The fourth-order valence-electron chi connectivity index (χ4n) is 2.65. The van der Waals surface area contributed by atoms with Gasteiger partial charge in [-0.05, 0) is 54.6 Å². The Morgan fingerprint density at radius 1 is 1.06 bits per heavy atom.